The van der Waals surface area contributed by atoms with E-state index in [1.54, 1.807) is 18.9 Å². The molecule has 0 unspecified atom stereocenters. The second kappa shape index (κ2) is 9.85. The Labute approximate surface area is 163 Å². The van der Waals surface area contributed by atoms with Gasteiger partial charge in [-0.1, -0.05) is 54.2 Å². The number of amides is 1. The van der Waals surface area contributed by atoms with Crippen molar-refractivity contribution < 1.29 is 9.53 Å². The summed E-state index contributed by atoms with van der Waals surface area (Å²) < 4.78 is 4.95. The van der Waals surface area contributed by atoms with Crippen molar-refractivity contribution >= 4 is 17.7 Å². The number of methoxy groups -OCH3 is 1. The lowest BCUT2D eigenvalue weighted by Crippen LogP contribution is -2.26. The number of benzene rings is 2. The zero-order valence-electron chi connectivity index (χ0n) is 15.1. The Hall–Kier alpha value is -2.70. The molecule has 0 aliphatic rings. The predicted molar refractivity (Wildman–Crippen MR) is 108 cm³/mol. The zero-order valence-corrected chi connectivity index (χ0v) is 15.9. The molecule has 0 atom stereocenters. The molecule has 1 amide bonds. The van der Waals surface area contributed by atoms with E-state index in [0.717, 1.165) is 27.6 Å². The van der Waals surface area contributed by atoms with Gasteiger partial charge in [0.1, 0.15) is 5.03 Å². The van der Waals surface area contributed by atoms with Gasteiger partial charge < -0.3 is 10.1 Å². The second-order valence-corrected chi connectivity index (χ2v) is 6.86. The van der Waals surface area contributed by atoms with Crippen LogP contribution >= 0.6 is 11.8 Å². The van der Waals surface area contributed by atoms with Crippen molar-refractivity contribution in [3.05, 3.63) is 77.9 Å². The van der Waals surface area contributed by atoms with E-state index in [4.69, 9.17) is 4.74 Å². The highest BCUT2D eigenvalue weighted by Crippen LogP contribution is 2.23. The summed E-state index contributed by atoms with van der Waals surface area (Å²) in [6.07, 6.45) is 0. The van der Waals surface area contributed by atoms with E-state index in [2.05, 4.69) is 15.5 Å². The molecule has 0 saturated carbocycles. The first kappa shape index (κ1) is 19.1. The summed E-state index contributed by atoms with van der Waals surface area (Å²) in [5.41, 5.74) is 3.62. The Morgan fingerprint density at radius 3 is 2.63 bits per heavy atom. The molecule has 0 aliphatic carbocycles. The molecule has 2 aromatic carbocycles. The number of hydrogen-bond donors (Lipinski definition) is 1. The Morgan fingerprint density at radius 2 is 1.89 bits per heavy atom. The molecule has 0 fully saturated rings. The van der Waals surface area contributed by atoms with E-state index in [-0.39, 0.29) is 5.91 Å². The Morgan fingerprint density at radius 1 is 1.04 bits per heavy atom. The number of thioether (sulfide) groups is 1. The van der Waals surface area contributed by atoms with Gasteiger partial charge in [0.2, 0.25) is 0 Å². The molecule has 1 N–H and O–H groups in total. The molecule has 3 aromatic rings. The van der Waals surface area contributed by atoms with Gasteiger partial charge in [0.05, 0.1) is 12.3 Å². The van der Waals surface area contributed by atoms with Crippen LogP contribution < -0.4 is 5.32 Å². The number of carbonyl (C=O) groups is 1. The van der Waals surface area contributed by atoms with E-state index in [1.807, 2.05) is 66.7 Å². The van der Waals surface area contributed by atoms with Crippen molar-refractivity contribution in [3.8, 4) is 11.3 Å². The zero-order chi connectivity index (χ0) is 18.9. The first-order chi connectivity index (χ1) is 13.3. The van der Waals surface area contributed by atoms with E-state index >= 15 is 0 Å². The molecule has 6 heteroatoms. The van der Waals surface area contributed by atoms with Crippen molar-refractivity contribution in [2.45, 2.75) is 10.8 Å². The van der Waals surface area contributed by atoms with Gasteiger partial charge in [0.25, 0.3) is 5.91 Å². The molecule has 1 heterocycles. The summed E-state index contributed by atoms with van der Waals surface area (Å²) in [6.45, 7) is 0.997. The summed E-state index contributed by atoms with van der Waals surface area (Å²) >= 11 is 1.59. The van der Waals surface area contributed by atoms with Gasteiger partial charge in [-0.15, -0.1) is 10.2 Å². The maximum absolute atomic E-state index is 12.1. The standard InChI is InChI=1S/C21H21N3O2S/c1-26-13-12-22-21(25)18-9-5-6-16(14-18)15-27-20-11-10-19(23-24-20)17-7-3-2-4-8-17/h2-11,14H,12-13,15H2,1H3,(H,22,25). The number of carbonyl (C=O) groups excluding carboxylic acids is 1. The predicted octanol–water partition coefficient (Wildman–Crippen LogP) is 3.81. The average molecular weight is 379 g/mol. The van der Waals surface area contributed by atoms with Crippen LogP contribution in [0.25, 0.3) is 11.3 Å². The third kappa shape index (κ3) is 5.64. The van der Waals surface area contributed by atoms with Crippen LogP contribution in [0.15, 0.2) is 71.8 Å². The lowest BCUT2D eigenvalue weighted by molar-refractivity contribution is 0.0937. The summed E-state index contributed by atoms with van der Waals surface area (Å²) in [4.78, 5) is 12.1. The lowest BCUT2D eigenvalue weighted by Gasteiger charge is -2.07. The van der Waals surface area contributed by atoms with Crippen LogP contribution in [-0.2, 0) is 10.5 Å². The monoisotopic (exact) mass is 379 g/mol. The van der Waals surface area contributed by atoms with Gasteiger partial charge in [-0.25, -0.2) is 0 Å². The van der Waals surface area contributed by atoms with Gasteiger partial charge in [0.15, 0.2) is 0 Å². The van der Waals surface area contributed by atoms with E-state index < -0.39 is 0 Å². The number of ether oxygens (including phenoxy) is 1. The smallest absolute Gasteiger partial charge is 0.251 e. The highest BCUT2D eigenvalue weighted by Gasteiger charge is 2.07. The fraction of sp³-hybridized carbons (Fsp3) is 0.190. The van der Waals surface area contributed by atoms with Gasteiger partial charge >= 0.3 is 0 Å². The van der Waals surface area contributed by atoms with Crippen molar-refractivity contribution in [2.75, 3.05) is 20.3 Å². The van der Waals surface area contributed by atoms with Crippen LogP contribution in [0.4, 0.5) is 0 Å². The maximum Gasteiger partial charge on any atom is 0.251 e. The van der Waals surface area contributed by atoms with Crippen molar-refractivity contribution in [1.82, 2.24) is 15.5 Å². The highest BCUT2D eigenvalue weighted by molar-refractivity contribution is 7.98. The van der Waals surface area contributed by atoms with Gasteiger partial charge in [-0.05, 0) is 29.8 Å². The number of nitrogens with zero attached hydrogens (tertiary/aromatic N) is 2. The van der Waals surface area contributed by atoms with Crippen molar-refractivity contribution in [3.63, 3.8) is 0 Å². The number of aromatic nitrogens is 2. The van der Waals surface area contributed by atoms with Gasteiger partial charge in [-0.2, -0.15) is 0 Å². The quantitative estimate of drug-likeness (QED) is 0.476. The molecule has 138 valence electrons. The van der Waals surface area contributed by atoms with E-state index in [9.17, 15) is 4.79 Å². The molecule has 5 nitrogen and oxygen atoms in total. The molecule has 1 aromatic heterocycles. The van der Waals surface area contributed by atoms with Crippen LogP contribution in [0.1, 0.15) is 15.9 Å². The second-order valence-electron chi connectivity index (χ2n) is 5.86. The minimum Gasteiger partial charge on any atom is -0.383 e. The lowest BCUT2D eigenvalue weighted by atomic mass is 10.1. The number of nitrogens with one attached hydrogen (secondary N) is 1. The SMILES string of the molecule is COCCNC(=O)c1cccc(CSc2ccc(-c3ccccc3)nn2)c1. The fourth-order valence-corrected chi connectivity index (χ4v) is 3.25. The fourth-order valence-electron chi connectivity index (χ4n) is 2.49. The van der Waals surface area contributed by atoms with Crippen molar-refractivity contribution in [2.24, 2.45) is 0 Å². The Kier molecular flexibility index (Phi) is 6.96. The Bertz CT molecular complexity index is 870. The third-order valence-corrected chi connectivity index (χ3v) is 4.87. The summed E-state index contributed by atoms with van der Waals surface area (Å²) in [6, 6.07) is 21.5. The Balaban J connectivity index is 1.58. The topological polar surface area (TPSA) is 64.1 Å². The molecule has 0 saturated heterocycles. The minimum absolute atomic E-state index is 0.0918. The molecule has 27 heavy (non-hydrogen) atoms. The minimum atomic E-state index is -0.0918. The molecule has 3 rings (SSSR count). The molecular formula is C21H21N3O2S. The summed E-state index contributed by atoms with van der Waals surface area (Å²) in [7, 11) is 1.61. The number of rotatable bonds is 8. The van der Waals surface area contributed by atoms with Crippen LogP contribution in [0.2, 0.25) is 0 Å². The summed E-state index contributed by atoms with van der Waals surface area (Å²) in [5.74, 6) is 0.629. The third-order valence-electron chi connectivity index (χ3n) is 3.88. The first-order valence-electron chi connectivity index (χ1n) is 8.64. The van der Waals surface area contributed by atoms with Gasteiger partial charge in [-0.3, -0.25) is 4.79 Å². The first-order valence-corrected chi connectivity index (χ1v) is 9.63. The normalized spacial score (nSPS) is 10.6. The van der Waals surface area contributed by atoms with Crippen LogP contribution in [0.3, 0.4) is 0 Å². The summed E-state index contributed by atoms with van der Waals surface area (Å²) in [5, 5.41) is 12.3. The molecule has 0 spiro atoms. The molecule has 0 bridgehead atoms. The van der Waals surface area contributed by atoms with Crippen LogP contribution in [0.5, 0.6) is 0 Å². The van der Waals surface area contributed by atoms with E-state index in [1.165, 1.54) is 0 Å². The molecule has 0 aliphatic heterocycles. The van der Waals surface area contributed by atoms with Crippen LogP contribution in [0, 0.1) is 0 Å². The van der Waals surface area contributed by atoms with Crippen molar-refractivity contribution in [1.29, 1.82) is 0 Å². The maximum atomic E-state index is 12.1. The van der Waals surface area contributed by atoms with Crippen LogP contribution in [-0.4, -0.2) is 36.4 Å². The molecular weight excluding hydrogens is 358 g/mol. The molecule has 0 radical (unpaired) electrons. The van der Waals surface area contributed by atoms with Gasteiger partial charge in [0, 0.05) is 30.5 Å². The van der Waals surface area contributed by atoms with E-state index in [0.29, 0.717) is 18.7 Å². The number of hydrogen-bond acceptors (Lipinski definition) is 5. The largest absolute Gasteiger partial charge is 0.383 e. The average Bonchev–Trinajstić information content (AvgIpc) is 2.73. The highest BCUT2D eigenvalue weighted by atomic mass is 32.2.